The molecule has 0 aliphatic heterocycles. The quantitative estimate of drug-likeness (QED) is 0.679. The van der Waals surface area contributed by atoms with Crippen molar-refractivity contribution in [1.82, 2.24) is 0 Å². The van der Waals surface area contributed by atoms with Crippen LogP contribution in [-0.4, -0.2) is 33.7 Å². The Morgan fingerprint density at radius 1 is 0.880 bits per heavy atom. The van der Waals surface area contributed by atoms with Crippen molar-refractivity contribution in [3.63, 3.8) is 0 Å². The third-order valence-corrected chi connectivity index (χ3v) is 3.61. The molecule has 132 valence electrons. The summed E-state index contributed by atoms with van der Waals surface area (Å²) in [6, 6.07) is 10.6. The van der Waals surface area contributed by atoms with Crippen molar-refractivity contribution in [3.05, 3.63) is 53.6 Å². The zero-order valence-electron chi connectivity index (χ0n) is 14.9. The van der Waals surface area contributed by atoms with Crippen LogP contribution >= 0.6 is 0 Å². The largest absolute Gasteiger partial charge is 0.493 e. The summed E-state index contributed by atoms with van der Waals surface area (Å²) in [5.41, 5.74) is 1.49. The van der Waals surface area contributed by atoms with Gasteiger partial charge in [-0.15, -0.1) is 0 Å². The van der Waals surface area contributed by atoms with Crippen LogP contribution in [0.25, 0.3) is 6.08 Å². The Bertz CT molecular complexity index is 765. The number of allylic oxidation sites excluding steroid dienone is 1. The predicted molar refractivity (Wildman–Crippen MR) is 97.1 cm³/mol. The van der Waals surface area contributed by atoms with E-state index in [-0.39, 0.29) is 12.4 Å². The Balaban J connectivity index is 2.12. The monoisotopic (exact) mass is 342 g/mol. The van der Waals surface area contributed by atoms with Gasteiger partial charge in [-0.3, -0.25) is 4.79 Å². The van der Waals surface area contributed by atoms with E-state index in [9.17, 15) is 4.79 Å². The van der Waals surface area contributed by atoms with Crippen molar-refractivity contribution >= 4 is 11.9 Å². The Kier molecular flexibility index (Phi) is 6.46. The van der Waals surface area contributed by atoms with Crippen LogP contribution < -0.4 is 18.9 Å². The van der Waals surface area contributed by atoms with Gasteiger partial charge >= 0.3 is 0 Å². The minimum Gasteiger partial charge on any atom is -0.493 e. The van der Waals surface area contributed by atoms with Crippen LogP contribution in [0.4, 0.5) is 0 Å². The lowest BCUT2D eigenvalue weighted by Gasteiger charge is -2.12. The molecular formula is C20H22O5. The Hall–Kier alpha value is -2.95. The highest BCUT2D eigenvalue weighted by atomic mass is 16.5. The average molecular weight is 342 g/mol. The van der Waals surface area contributed by atoms with Gasteiger partial charge in [0.25, 0.3) is 0 Å². The third-order valence-electron chi connectivity index (χ3n) is 3.61. The lowest BCUT2D eigenvalue weighted by atomic mass is 10.1. The standard InChI is InChI=1S/C20H22O5/c1-5-6-14-7-9-18(19(11-14)23-3)25-13-16(21)15-8-10-17(22-2)20(12-15)24-4/h5-12H,13H2,1-4H3/b6-5+. The summed E-state index contributed by atoms with van der Waals surface area (Å²) in [4.78, 5) is 12.4. The summed E-state index contributed by atoms with van der Waals surface area (Å²) in [5, 5.41) is 0. The minimum atomic E-state index is -0.166. The van der Waals surface area contributed by atoms with Gasteiger partial charge in [-0.2, -0.15) is 0 Å². The van der Waals surface area contributed by atoms with Gasteiger partial charge in [0, 0.05) is 5.56 Å². The van der Waals surface area contributed by atoms with Gasteiger partial charge in [-0.25, -0.2) is 0 Å². The van der Waals surface area contributed by atoms with Gasteiger partial charge in [0.15, 0.2) is 35.4 Å². The van der Waals surface area contributed by atoms with E-state index >= 15 is 0 Å². The lowest BCUT2D eigenvalue weighted by Crippen LogP contribution is -2.12. The van der Waals surface area contributed by atoms with Gasteiger partial charge in [0.1, 0.15) is 0 Å². The van der Waals surface area contributed by atoms with Crippen molar-refractivity contribution in [3.8, 4) is 23.0 Å². The zero-order valence-corrected chi connectivity index (χ0v) is 14.9. The molecule has 0 saturated carbocycles. The van der Waals surface area contributed by atoms with E-state index in [1.807, 2.05) is 31.2 Å². The molecule has 0 aliphatic rings. The van der Waals surface area contributed by atoms with E-state index in [4.69, 9.17) is 18.9 Å². The van der Waals surface area contributed by atoms with E-state index in [0.717, 1.165) is 5.56 Å². The van der Waals surface area contributed by atoms with Crippen molar-refractivity contribution in [2.24, 2.45) is 0 Å². The maximum atomic E-state index is 12.4. The highest BCUT2D eigenvalue weighted by Crippen LogP contribution is 2.30. The molecule has 0 saturated heterocycles. The highest BCUT2D eigenvalue weighted by molar-refractivity contribution is 5.97. The number of methoxy groups -OCH3 is 3. The van der Waals surface area contributed by atoms with Crippen molar-refractivity contribution in [2.45, 2.75) is 6.92 Å². The number of rotatable bonds is 8. The Morgan fingerprint density at radius 3 is 2.16 bits per heavy atom. The van der Waals surface area contributed by atoms with Gasteiger partial charge in [-0.05, 0) is 42.8 Å². The molecule has 0 aromatic heterocycles. The fourth-order valence-corrected chi connectivity index (χ4v) is 2.34. The van der Waals surface area contributed by atoms with E-state index < -0.39 is 0 Å². The topological polar surface area (TPSA) is 54.0 Å². The van der Waals surface area contributed by atoms with E-state index in [2.05, 4.69) is 0 Å². The molecule has 0 atom stereocenters. The van der Waals surface area contributed by atoms with Crippen LogP contribution in [0, 0.1) is 0 Å². The second kappa shape index (κ2) is 8.78. The summed E-state index contributed by atoms with van der Waals surface area (Å²) in [5.74, 6) is 2.00. The molecule has 0 unspecified atom stereocenters. The fourth-order valence-electron chi connectivity index (χ4n) is 2.34. The first-order valence-corrected chi connectivity index (χ1v) is 7.81. The number of hydrogen-bond acceptors (Lipinski definition) is 5. The van der Waals surface area contributed by atoms with Crippen LogP contribution in [0.5, 0.6) is 23.0 Å². The van der Waals surface area contributed by atoms with E-state index in [1.54, 1.807) is 38.5 Å². The average Bonchev–Trinajstić information content (AvgIpc) is 2.66. The summed E-state index contributed by atoms with van der Waals surface area (Å²) in [7, 11) is 4.64. The minimum absolute atomic E-state index is 0.102. The normalized spacial score (nSPS) is 10.6. The molecule has 5 nitrogen and oxygen atoms in total. The number of Topliss-reactive ketones (excluding diaryl/α,β-unsaturated/α-hetero) is 1. The Morgan fingerprint density at radius 2 is 1.52 bits per heavy atom. The summed E-state index contributed by atoms with van der Waals surface area (Å²) < 4.78 is 21.4. The first-order chi connectivity index (χ1) is 12.1. The number of hydrogen-bond donors (Lipinski definition) is 0. The molecule has 2 aromatic rings. The molecule has 0 spiro atoms. The number of benzene rings is 2. The van der Waals surface area contributed by atoms with E-state index in [1.165, 1.54) is 7.11 Å². The first-order valence-electron chi connectivity index (χ1n) is 7.81. The van der Waals surface area contributed by atoms with Gasteiger partial charge in [0.2, 0.25) is 0 Å². The molecule has 2 aromatic carbocycles. The number of ether oxygens (including phenoxy) is 4. The number of carbonyl (C=O) groups is 1. The maximum absolute atomic E-state index is 12.4. The molecule has 0 radical (unpaired) electrons. The SMILES string of the molecule is C/C=C/c1ccc(OCC(=O)c2ccc(OC)c(OC)c2)c(OC)c1. The van der Waals surface area contributed by atoms with Gasteiger partial charge in [0.05, 0.1) is 21.3 Å². The Labute approximate surface area is 147 Å². The van der Waals surface area contributed by atoms with E-state index in [0.29, 0.717) is 28.6 Å². The van der Waals surface area contributed by atoms with Gasteiger partial charge < -0.3 is 18.9 Å². The molecule has 0 fully saturated rings. The molecule has 0 amide bonds. The molecule has 0 N–H and O–H groups in total. The smallest absolute Gasteiger partial charge is 0.200 e. The molecule has 5 heteroatoms. The van der Waals surface area contributed by atoms with Crippen LogP contribution in [0.1, 0.15) is 22.8 Å². The van der Waals surface area contributed by atoms with Crippen molar-refractivity contribution in [2.75, 3.05) is 27.9 Å². The number of ketones is 1. The van der Waals surface area contributed by atoms with Crippen molar-refractivity contribution < 1.29 is 23.7 Å². The molecular weight excluding hydrogens is 320 g/mol. The lowest BCUT2D eigenvalue weighted by molar-refractivity contribution is 0.0919. The highest BCUT2D eigenvalue weighted by Gasteiger charge is 2.13. The first kappa shape index (κ1) is 18.4. The second-order valence-electron chi connectivity index (χ2n) is 5.19. The maximum Gasteiger partial charge on any atom is 0.200 e. The van der Waals surface area contributed by atoms with Crippen LogP contribution in [0.15, 0.2) is 42.5 Å². The molecule has 0 aliphatic carbocycles. The third kappa shape index (κ3) is 4.53. The molecule has 2 rings (SSSR count). The van der Waals surface area contributed by atoms with Gasteiger partial charge in [-0.1, -0.05) is 18.2 Å². The predicted octanol–water partition coefficient (Wildman–Crippen LogP) is 4.01. The fraction of sp³-hybridized carbons (Fsp3) is 0.250. The molecule has 0 heterocycles. The van der Waals surface area contributed by atoms with Crippen molar-refractivity contribution in [1.29, 1.82) is 0 Å². The summed E-state index contributed by atoms with van der Waals surface area (Å²) >= 11 is 0. The molecule has 0 bridgehead atoms. The summed E-state index contributed by atoms with van der Waals surface area (Å²) in [6.07, 6.45) is 3.90. The summed E-state index contributed by atoms with van der Waals surface area (Å²) in [6.45, 7) is 1.84. The molecule has 25 heavy (non-hydrogen) atoms. The van der Waals surface area contributed by atoms with Crippen LogP contribution in [-0.2, 0) is 0 Å². The van der Waals surface area contributed by atoms with Crippen LogP contribution in [0.2, 0.25) is 0 Å². The number of carbonyl (C=O) groups excluding carboxylic acids is 1. The zero-order chi connectivity index (χ0) is 18.2. The second-order valence-corrected chi connectivity index (χ2v) is 5.19. The van der Waals surface area contributed by atoms with Crippen LogP contribution in [0.3, 0.4) is 0 Å².